The molecule has 1 aromatic heterocycles. The molecule has 1 amide bonds. The van der Waals surface area contributed by atoms with Crippen molar-refractivity contribution in [3.8, 4) is 0 Å². The average molecular weight is 678 g/mol. The topological polar surface area (TPSA) is 318 Å². The lowest BCUT2D eigenvalue weighted by Gasteiger charge is -2.42. The van der Waals surface area contributed by atoms with E-state index < -0.39 is 101 Å². The van der Waals surface area contributed by atoms with Gasteiger partial charge in [0.2, 0.25) is 5.91 Å². The molecule has 0 bridgehead atoms. The van der Waals surface area contributed by atoms with Gasteiger partial charge in [0.15, 0.2) is 12.5 Å². The summed E-state index contributed by atoms with van der Waals surface area (Å²) in [6.07, 6.45) is -12.1. The monoisotopic (exact) mass is 678 g/mol. The number of H-pyrrole nitrogens is 1. The Morgan fingerprint density at radius 2 is 1.70 bits per heavy atom. The van der Waals surface area contributed by atoms with Crippen LogP contribution in [0.4, 0.5) is 0 Å². The molecule has 1 aromatic rings. The Kier molecular flexibility index (Phi) is 13.0. The fraction of sp³-hybridized carbons (Fsp3) is 0.762. The summed E-state index contributed by atoms with van der Waals surface area (Å²) in [7, 11) is -9.49. The normalized spacial score (nSPS) is 33.4. The van der Waals surface area contributed by atoms with Crippen molar-refractivity contribution in [3.63, 3.8) is 0 Å². The number of phosphoric ester groups is 2. The number of amides is 1. The Morgan fingerprint density at radius 1 is 1.02 bits per heavy atom. The van der Waals surface area contributed by atoms with Crippen molar-refractivity contribution >= 4 is 21.6 Å². The number of unbranched alkanes of at least 4 members (excludes halogenated alkanes) is 1. The summed E-state index contributed by atoms with van der Waals surface area (Å²) in [5.74, 6) is -0.665. The van der Waals surface area contributed by atoms with Gasteiger partial charge in [-0.1, -0.05) is 0 Å². The second kappa shape index (κ2) is 15.6. The molecule has 0 aliphatic carbocycles. The first-order valence-corrected chi connectivity index (χ1v) is 16.2. The summed E-state index contributed by atoms with van der Waals surface area (Å²) >= 11 is 0. The summed E-state index contributed by atoms with van der Waals surface area (Å²) < 4.78 is 50.0. The van der Waals surface area contributed by atoms with Crippen LogP contribution in [0.5, 0.6) is 0 Å². The van der Waals surface area contributed by atoms with Gasteiger partial charge in [0.25, 0.3) is 5.56 Å². The van der Waals surface area contributed by atoms with E-state index in [2.05, 4.69) is 19.5 Å². The number of nitrogens with zero attached hydrogens (tertiary/aromatic N) is 1. The number of hydrogen-bond donors (Lipinski definition) is 10. The Labute approximate surface area is 248 Å². The third-order valence-electron chi connectivity index (χ3n) is 6.60. The lowest BCUT2D eigenvalue weighted by molar-refractivity contribution is -0.248. The van der Waals surface area contributed by atoms with Gasteiger partial charge in [-0.15, -0.1) is 0 Å². The fourth-order valence-electron chi connectivity index (χ4n) is 4.37. The van der Waals surface area contributed by atoms with Crippen LogP contribution in [0, 0.1) is 0 Å². The Bertz CT molecular complexity index is 1330. The molecule has 2 fully saturated rings. The zero-order chi connectivity index (χ0) is 32.8. The molecule has 21 nitrogen and oxygen atoms in total. The van der Waals surface area contributed by atoms with E-state index in [4.69, 9.17) is 14.0 Å². The van der Waals surface area contributed by atoms with Crippen LogP contribution in [0.25, 0.3) is 0 Å². The van der Waals surface area contributed by atoms with Crippen LogP contribution in [0.2, 0.25) is 0 Å². The van der Waals surface area contributed by atoms with Gasteiger partial charge in [-0.25, -0.2) is 13.9 Å². The van der Waals surface area contributed by atoms with Gasteiger partial charge in [0.1, 0.15) is 42.7 Å². The summed E-state index contributed by atoms with van der Waals surface area (Å²) in [6, 6.07) is -0.772. The van der Waals surface area contributed by atoms with E-state index in [0.29, 0.717) is 19.4 Å². The summed E-state index contributed by atoms with van der Waals surface area (Å²) in [5.41, 5.74) is -1.75. The van der Waals surface area contributed by atoms with Gasteiger partial charge < -0.3 is 55.4 Å². The summed E-state index contributed by atoms with van der Waals surface area (Å²) in [4.78, 5) is 57.8. The molecule has 3 rings (SSSR count). The van der Waals surface area contributed by atoms with Crippen molar-refractivity contribution < 1.29 is 72.1 Å². The number of aromatic amines is 1. The fourth-order valence-corrected chi connectivity index (χ4v) is 6.53. The van der Waals surface area contributed by atoms with Crippen LogP contribution in [-0.2, 0) is 36.8 Å². The van der Waals surface area contributed by atoms with Crippen molar-refractivity contribution in [3.05, 3.63) is 33.1 Å². The van der Waals surface area contributed by atoms with E-state index in [-0.39, 0.29) is 6.42 Å². The van der Waals surface area contributed by atoms with Crippen LogP contribution in [0.1, 0.15) is 25.5 Å². The number of aromatic nitrogens is 2. The smallest absolute Gasteiger partial charge is 0.394 e. The Morgan fingerprint density at radius 3 is 2.34 bits per heavy atom. The molecule has 11 atom stereocenters. The number of aliphatic hydroxyl groups excluding tert-OH is 5. The van der Waals surface area contributed by atoms with Crippen molar-refractivity contribution in [1.82, 2.24) is 20.2 Å². The highest BCUT2D eigenvalue weighted by atomic mass is 31.3. The molecule has 3 heterocycles. The van der Waals surface area contributed by atoms with Crippen molar-refractivity contribution in [2.75, 3.05) is 26.8 Å². The maximum Gasteiger partial charge on any atom is 0.483 e. The van der Waals surface area contributed by atoms with Crippen LogP contribution in [0.3, 0.4) is 0 Å². The lowest BCUT2D eigenvalue weighted by atomic mass is 9.97. The maximum absolute atomic E-state index is 12.7. The van der Waals surface area contributed by atoms with Crippen LogP contribution < -0.4 is 21.9 Å². The Balaban J connectivity index is 1.64. The van der Waals surface area contributed by atoms with Gasteiger partial charge in [-0.05, 0) is 26.4 Å². The quantitative estimate of drug-likeness (QED) is 0.0620. The van der Waals surface area contributed by atoms with Gasteiger partial charge in [-0.3, -0.25) is 28.2 Å². The third kappa shape index (κ3) is 9.55. The molecule has 0 saturated carbocycles. The molecule has 2 aliphatic heterocycles. The minimum atomic E-state index is -5.67. The van der Waals surface area contributed by atoms with Gasteiger partial charge in [-0.2, -0.15) is 4.31 Å². The van der Waals surface area contributed by atoms with E-state index in [1.54, 1.807) is 7.05 Å². The third-order valence-corrected chi connectivity index (χ3v) is 9.20. The zero-order valence-corrected chi connectivity index (χ0v) is 24.9. The van der Waals surface area contributed by atoms with E-state index in [9.17, 15) is 58.8 Å². The van der Waals surface area contributed by atoms with E-state index >= 15 is 0 Å². The predicted octanol–water partition coefficient (Wildman–Crippen LogP) is -4.28. The van der Waals surface area contributed by atoms with E-state index in [0.717, 1.165) is 16.8 Å². The number of carbonyl (C=O) groups excluding carboxylic acids is 1. The minimum absolute atomic E-state index is 0.0500. The van der Waals surface area contributed by atoms with Gasteiger partial charge in [0.05, 0.1) is 13.2 Å². The predicted molar refractivity (Wildman–Crippen MR) is 142 cm³/mol. The van der Waals surface area contributed by atoms with Crippen LogP contribution in [-0.4, -0.2) is 127 Å². The first kappa shape index (κ1) is 36.6. The van der Waals surface area contributed by atoms with Crippen LogP contribution >= 0.6 is 15.6 Å². The molecule has 0 aromatic carbocycles. The SMILES string of the molecule is CNCCCCC(=O)N[C@@H]1C(OP(=O)(O)OP(=O)(O)OCC2OC(n3ccc(=O)[nH]c3=O)C(O)C2O)OC(CO)[C@H](O)[C@@H]1O. The first-order valence-electron chi connectivity index (χ1n) is 13.2. The van der Waals surface area contributed by atoms with Crippen molar-refractivity contribution in [2.24, 2.45) is 0 Å². The molecule has 10 N–H and O–H groups in total. The van der Waals surface area contributed by atoms with E-state index in [1.165, 1.54) is 0 Å². The maximum atomic E-state index is 12.7. The molecule has 2 saturated heterocycles. The number of ether oxygens (including phenoxy) is 2. The molecule has 2 aliphatic rings. The molecular formula is C21H36N4O17P2. The number of nitrogens with one attached hydrogen (secondary N) is 3. The highest BCUT2D eigenvalue weighted by molar-refractivity contribution is 7.61. The standard InChI is InChI=1S/C21H36N4O17P2/c1-22-6-3-2-4-12(27)23-14-17(31)15(29)10(8-26)40-20(14)41-44(36,37)42-43(34,35)38-9-11-16(30)18(32)19(39-11)25-7-5-13(28)24-21(25)33/h5,7,10-11,14-20,22,26,29-32H,2-4,6,8-9H2,1H3,(H,23,27)(H,34,35)(H,36,37)(H,24,28,33)/t10?,11?,14-,15-,16?,17+,18?,19?,20?/m0/s1. The highest BCUT2D eigenvalue weighted by Gasteiger charge is 2.50. The molecule has 252 valence electrons. The Hall–Kier alpha value is -1.91. The molecule has 8 unspecified atom stereocenters. The number of rotatable bonds is 15. The number of carbonyl (C=O) groups is 1. The minimum Gasteiger partial charge on any atom is -0.394 e. The van der Waals surface area contributed by atoms with Crippen LogP contribution in [0.15, 0.2) is 21.9 Å². The van der Waals surface area contributed by atoms with Crippen molar-refractivity contribution in [1.29, 1.82) is 0 Å². The zero-order valence-electron chi connectivity index (χ0n) is 23.1. The number of aliphatic hydroxyl groups is 5. The first-order chi connectivity index (χ1) is 20.6. The molecule has 23 heteroatoms. The summed E-state index contributed by atoms with van der Waals surface area (Å²) in [6.45, 7) is -1.32. The van der Waals surface area contributed by atoms with Gasteiger partial charge in [0, 0.05) is 18.7 Å². The number of hydrogen-bond acceptors (Lipinski definition) is 16. The van der Waals surface area contributed by atoms with E-state index in [1.807, 2.05) is 4.98 Å². The molecule has 0 spiro atoms. The molecule has 44 heavy (non-hydrogen) atoms. The number of phosphoric acid groups is 2. The second-order valence-corrected chi connectivity index (χ2v) is 12.8. The molecule has 0 radical (unpaired) electrons. The average Bonchev–Trinajstić information content (AvgIpc) is 3.22. The largest absolute Gasteiger partial charge is 0.483 e. The lowest BCUT2D eigenvalue weighted by Crippen LogP contribution is -2.64. The highest BCUT2D eigenvalue weighted by Crippen LogP contribution is 2.61. The second-order valence-electron chi connectivity index (χ2n) is 9.84. The van der Waals surface area contributed by atoms with Gasteiger partial charge >= 0.3 is 21.3 Å². The molecular weight excluding hydrogens is 642 g/mol. The van der Waals surface area contributed by atoms with Crippen molar-refractivity contribution in [2.45, 2.75) is 74.4 Å². The summed E-state index contributed by atoms with van der Waals surface area (Å²) in [5, 5.41) is 55.8.